The molecule has 0 atom stereocenters. The normalized spacial score (nSPS) is 16.8. The number of piperazine rings is 1. The van der Waals surface area contributed by atoms with Gasteiger partial charge in [-0.05, 0) is 37.1 Å². The third-order valence-corrected chi connectivity index (χ3v) is 6.18. The van der Waals surface area contributed by atoms with Crippen molar-refractivity contribution >= 4 is 34.7 Å². The highest BCUT2D eigenvalue weighted by molar-refractivity contribution is 5.76. The number of rotatable bonds is 0. The van der Waals surface area contributed by atoms with Crippen LogP contribution >= 0.6 is 0 Å². The molecule has 0 spiro atoms. The summed E-state index contributed by atoms with van der Waals surface area (Å²) in [4.78, 5) is 29.4. The van der Waals surface area contributed by atoms with Crippen molar-refractivity contribution in [1.82, 2.24) is 19.9 Å². The van der Waals surface area contributed by atoms with Gasteiger partial charge in [0.05, 0.1) is 24.2 Å². The van der Waals surface area contributed by atoms with Crippen molar-refractivity contribution in [3.8, 4) is 0 Å². The Morgan fingerprint density at radius 1 is 1.03 bits per heavy atom. The van der Waals surface area contributed by atoms with Crippen molar-refractivity contribution in [3.05, 3.63) is 59.8 Å². The number of hydrogen-bond donors (Lipinski definition) is 2. The summed E-state index contributed by atoms with van der Waals surface area (Å²) >= 11 is 0. The van der Waals surface area contributed by atoms with Crippen LogP contribution in [0, 0.1) is 12.9 Å². The summed E-state index contributed by atoms with van der Waals surface area (Å²) in [6.45, 7) is 5.42. The molecule has 5 heterocycles. The maximum Gasteiger partial charge on any atom is 0.236 e. The quantitative estimate of drug-likeness (QED) is 0.473. The first kappa shape index (κ1) is 23.0. The van der Waals surface area contributed by atoms with Crippen LogP contribution < -0.4 is 15.5 Å². The van der Waals surface area contributed by atoms with Gasteiger partial charge in [-0.1, -0.05) is 12.1 Å². The van der Waals surface area contributed by atoms with E-state index in [-0.39, 0.29) is 17.5 Å². The number of amides is 1. The highest BCUT2D eigenvalue weighted by Gasteiger charge is 2.22. The predicted molar refractivity (Wildman–Crippen MR) is 132 cm³/mol. The molecule has 1 amide bonds. The van der Waals surface area contributed by atoms with Crippen LogP contribution in [0.4, 0.5) is 33.2 Å². The summed E-state index contributed by atoms with van der Waals surface area (Å²) < 4.78 is 20.4. The number of aryl methyl sites for hydroxylation is 1. The molecule has 35 heavy (non-hydrogen) atoms. The molecule has 0 saturated carbocycles. The summed E-state index contributed by atoms with van der Waals surface area (Å²) in [6, 6.07) is 9.58. The van der Waals surface area contributed by atoms with Crippen LogP contribution in [0.5, 0.6) is 0 Å². The van der Waals surface area contributed by atoms with Crippen molar-refractivity contribution < 1.29 is 13.9 Å². The van der Waals surface area contributed by atoms with Gasteiger partial charge in [-0.25, -0.2) is 9.97 Å². The number of benzene rings is 1. The average Bonchev–Trinajstić information content (AvgIpc) is 2.87. The predicted octanol–water partition coefficient (Wildman–Crippen LogP) is 3.77. The van der Waals surface area contributed by atoms with Gasteiger partial charge in [0.15, 0.2) is 0 Å². The summed E-state index contributed by atoms with van der Waals surface area (Å²) in [5, 5.41) is 6.29. The Hall–Kier alpha value is -3.79. The topological polar surface area (TPSA) is 95.5 Å². The number of hydrogen-bond acceptors (Lipinski definition) is 8. The van der Waals surface area contributed by atoms with Crippen LogP contribution in [0.1, 0.15) is 24.0 Å². The molecule has 0 aliphatic carbocycles. The number of fused-ring (bicyclic) bond motifs is 7. The van der Waals surface area contributed by atoms with Crippen molar-refractivity contribution in [2.75, 3.05) is 48.3 Å². The highest BCUT2D eigenvalue weighted by Crippen LogP contribution is 2.26. The van der Waals surface area contributed by atoms with Crippen molar-refractivity contribution in [1.29, 1.82) is 0 Å². The fraction of sp³-hybridized carbons (Fsp3) is 0.360. The summed E-state index contributed by atoms with van der Waals surface area (Å²) in [6.07, 6.45) is 4.34. The van der Waals surface area contributed by atoms with Crippen molar-refractivity contribution in [2.45, 2.75) is 26.4 Å². The van der Waals surface area contributed by atoms with E-state index in [1.807, 2.05) is 36.1 Å². The van der Waals surface area contributed by atoms with Crippen LogP contribution in [0.3, 0.4) is 0 Å². The maximum atomic E-state index is 14.6. The lowest BCUT2D eigenvalue weighted by Gasteiger charge is -2.36. The highest BCUT2D eigenvalue weighted by atomic mass is 19.1. The molecule has 8 bridgehead atoms. The summed E-state index contributed by atoms with van der Waals surface area (Å²) in [5.74, 6) is 0.381. The second kappa shape index (κ2) is 10.2. The van der Waals surface area contributed by atoms with Crippen LogP contribution in [0.2, 0.25) is 0 Å². The second-order valence-electron chi connectivity index (χ2n) is 8.73. The number of nitrogens with one attached hydrogen (secondary N) is 2. The van der Waals surface area contributed by atoms with E-state index in [4.69, 9.17) is 4.74 Å². The minimum absolute atomic E-state index is 0.136. The van der Waals surface area contributed by atoms with Gasteiger partial charge in [-0.15, -0.1) is 0 Å². The minimum Gasteiger partial charge on any atom is -0.377 e. The molecule has 1 saturated heterocycles. The van der Waals surface area contributed by atoms with Crippen LogP contribution in [0.15, 0.2) is 42.7 Å². The number of carbonyl (C=O) groups excluding carboxylic acids is 1. The van der Waals surface area contributed by atoms with Gasteiger partial charge < -0.3 is 25.2 Å². The molecule has 3 aromatic rings. The fourth-order valence-electron chi connectivity index (χ4n) is 4.21. The van der Waals surface area contributed by atoms with Crippen LogP contribution in [-0.4, -0.2) is 58.5 Å². The zero-order chi connectivity index (χ0) is 24.2. The van der Waals surface area contributed by atoms with E-state index in [0.717, 1.165) is 22.5 Å². The van der Waals surface area contributed by atoms with Gasteiger partial charge in [0.2, 0.25) is 17.8 Å². The van der Waals surface area contributed by atoms with Gasteiger partial charge in [-0.3, -0.25) is 4.79 Å². The molecule has 9 nitrogen and oxygen atoms in total. The minimum atomic E-state index is -0.632. The zero-order valence-electron chi connectivity index (χ0n) is 19.6. The zero-order valence-corrected chi connectivity index (χ0v) is 19.6. The number of pyridine rings is 1. The third kappa shape index (κ3) is 5.48. The Morgan fingerprint density at radius 3 is 2.71 bits per heavy atom. The number of aromatic nitrogens is 3. The Morgan fingerprint density at radius 2 is 1.86 bits per heavy atom. The fourth-order valence-corrected chi connectivity index (χ4v) is 4.21. The lowest BCUT2D eigenvalue weighted by molar-refractivity contribution is -0.131. The van der Waals surface area contributed by atoms with E-state index < -0.39 is 5.95 Å². The van der Waals surface area contributed by atoms with Gasteiger partial charge in [0.1, 0.15) is 5.82 Å². The van der Waals surface area contributed by atoms with E-state index in [2.05, 4.69) is 30.5 Å². The van der Waals surface area contributed by atoms with E-state index >= 15 is 0 Å². The first-order chi connectivity index (χ1) is 17.0. The van der Waals surface area contributed by atoms with E-state index in [1.165, 1.54) is 6.20 Å². The number of halogens is 1. The van der Waals surface area contributed by atoms with E-state index in [1.54, 1.807) is 12.3 Å². The van der Waals surface area contributed by atoms with Crippen LogP contribution in [-0.2, 0) is 16.1 Å². The monoisotopic (exact) mass is 477 g/mol. The molecule has 2 aromatic heterocycles. The second-order valence-corrected chi connectivity index (χ2v) is 8.73. The Balaban J connectivity index is 1.45. The Labute approximate surface area is 203 Å². The molecular formula is C25H28FN7O2. The molecule has 1 fully saturated rings. The van der Waals surface area contributed by atoms with Crippen LogP contribution in [0.25, 0.3) is 0 Å². The first-order valence-electron chi connectivity index (χ1n) is 11.8. The van der Waals surface area contributed by atoms with Gasteiger partial charge >= 0.3 is 0 Å². The molecule has 0 radical (unpaired) electrons. The van der Waals surface area contributed by atoms with Gasteiger partial charge in [-0.2, -0.15) is 9.37 Å². The number of anilines is 5. The molecule has 3 aliphatic rings. The molecule has 0 unspecified atom stereocenters. The van der Waals surface area contributed by atoms with Gasteiger partial charge in [0, 0.05) is 56.7 Å². The Kier molecular flexibility index (Phi) is 6.71. The van der Waals surface area contributed by atoms with Crippen molar-refractivity contribution in [3.63, 3.8) is 0 Å². The lowest BCUT2D eigenvalue weighted by atomic mass is 10.2. The molecular weight excluding hydrogens is 449 g/mol. The first-order valence-corrected chi connectivity index (χ1v) is 11.8. The molecule has 10 heteroatoms. The number of carbonyl (C=O) groups is 1. The number of ether oxygens (including phenoxy) is 1. The lowest BCUT2D eigenvalue weighted by Crippen LogP contribution is -2.48. The molecule has 6 rings (SSSR count). The average molecular weight is 478 g/mol. The number of nitrogens with zero attached hydrogens (tertiary/aromatic N) is 5. The Bertz CT molecular complexity index is 1210. The smallest absolute Gasteiger partial charge is 0.236 e. The third-order valence-electron chi connectivity index (χ3n) is 6.18. The standard InChI is InChI=1S/C25H28FN7O2/c1-17-14-28-25-30-21-13-20(15-27-23(21)26)32-7-9-33(10-8-32)22(34)6-3-11-35-16-18-4-2-5-19(12-18)29-24(17)31-25/h2,4-5,12-15H,3,6-11,16H2,1H3,(H2,28,29,30,31). The molecule has 1 aromatic carbocycles. The molecule has 182 valence electrons. The largest absolute Gasteiger partial charge is 0.377 e. The van der Waals surface area contributed by atoms with Gasteiger partial charge in [0.25, 0.3) is 0 Å². The van der Waals surface area contributed by atoms with Crippen molar-refractivity contribution in [2.24, 2.45) is 0 Å². The van der Waals surface area contributed by atoms with E-state index in [0.29, 0.717) is 58.1 Å². The molecule has 2 N–H and O–H groups in total. The molecule has 3 aliphatic heterocycles. The summed E-state index contributed by atoms with van der Waals surface area (Å²) in [5.41, 5.74) is 3.69. The summed E-state index contributed by atoms with van der Waals surface area (Å²) in [7, 11) is 0. The van der Waals surface area contributed by atoms with E-state index in [9.17, 15) is 9.18 Å². The SMILES string of the molecule is Cc1cnc2nc1Nc1cccc(c1)COCCCC(=O)N1CCN(CC1)c1cnc(F)c(c1)N2. The maximum absolute atomic E-state index is 14.6.